The lowest BCUT2D eigenvalue weighted by Crippen LogP contribution is -3.14. The predicted molar refractivity (Wildman–Crippen MR) is 96.4 cm³/mol. The molecule has 1 unspecified atom stereocenters. The number of morpholine rings is 1. The summed E-state index contributed by atoms with van der Waals surface area (Å²) < 4.78 is 5.34. The number of quaternary nitrogens is 1. The number of hydrogen-bond donors (Lipinski definition) is 2. The Morgan fingerprint density at radius 1 is 1.36 bits per heavy atom. The van der Waals surface area contributed by atoms with Gasteiger partial charge in [0.25, 0.3) is 0 Å². The summed E-state index contributed by atoms with van der Waals surface area (Å²) in [6.45, 7) is 7.64. The van der Waals surface area contributed by atoms with Gasteiger partial charge in [-0.15, -0.1) is 0 Å². The summed E-state index contributed by atoms with van der Waals surface area (Å²) in [6, 6.07) is 11.7. The summed E-state index contributed by atoms with van der Waals surface area (Å²) >= 11 is 0. The van der Waals surface area contributed by atoms with Crippen LogP contribution in [0.4, 0.5) is 0 Å². The molecule has 2 N–H and O–H groups in total. The van der Waals surface area contributed by atoms with Crippen LogP contribution in [0.3, 0.4) is 0 Å². The molecule has 0 bridgehead atoms. The van der Waals surface area contributed by atoms with E-state index in [9.17, 15) is 10.1 Å². The third-order valence-electron chi connectivity index (χ3n) is 4.37. The van der Waals surface area contributed by atoms with Crippen molar-refractivity contribution in [1.29, 1.82) is 5.26 Å². The maximum atomic E-state index is 12.2. The highest BCUT2D eigenvalue weighted by molar-refractivity contribution is 6.05. The van der Waals surface area contributed by atoms with Crippen LogP contribution in [-0.4, -0.2) is 51.0 Å². The fraction of sp³-hybridized carbons (Fsp3) is 0.526. The van der Waals surface area contributed by atoms with Crippen molar-refractivity contribution < 1.29 is 14.4 Å². The Morgan fingerprint density at radius 2 is 2.08 bits per heavy atom. The zero-order valence-electron chi connectivity index (χ0n) is 14.8. The van der Waals surface area contributed by atoms with Crippen molar-refractivity contribution in [3.05, 3.63) is 35.9 Å². The van der Waals surface area contributed by atoms with Crippen LogP contribution in [0.2, 0.25) is 0 Å². The van der Waals surface area contributed by atoms with Crippen molar-refractivity contribution in [2.24, 2.45) is 10.9 Å². The molecule has 0 spiro atoms. The number of carbonyl (C=O) groups excluding carboxylic acids is 1. The highest BCUT2D eigenvalue weighted by atomic mass is 16.5. The largest absolute Gasteiger partial charge is 0.370 e. The monoisotopic (exact) mass is 343 g/mol. The molecule has 6 nitrogen and oxygen atoms in total. The molecular formula is C19H27N4O2+. The van der Waals surface area contributed by atoms with Crippen LogP contribution in [0.5, 0.6) is 0 Å². The van der Waals surface area contributed by atoms with Gasteiger partial charge in [-0.05, 0) is 12.5 Å². The van der Waals surface area contributed by atoms with Crippen molar-refractivity contribution in [1.82, 2.24) is 5.32 Å². The van der Waals surface area contributed by atoms with E-state index in [0.29, 0.717) is 18.8 Å². The molecule has 1 aromatic rings. The number of aliphatic imine (C=N–C) groups is 1. The molecule has 1 aliphatic rings. The van der Waals surface area contributed by atoms with Crippen LogP contribution in [0.25, 0.3) is 0 Å². The number of hydrogen-bond acceptors (Lipinski definition) is 4. The van der Waals surface area contributed by atoms with Crippen LogP contribution in [0.1, 0.15) is 18.9 Å². The standard InChI is InChI=1S/C19H26N4O2/c1-16(21-8-5-9-23-10-12-25-13-11-23)18(14-20)19(24)22-15-17-6-3-2-4-7-17/h2-4,6-7,18H,5,8-13,15H2,1H3,(H,22,24)/p+1. The van der Waals surface area contributed by atoms with Gasteiger partial charge in [0.15, 0.2) is 5.92 Å². The highest BCUT2D eigenvalue weighted by Crippen LogP contribution is 2.02. The second kappa shape index (κ2) is 10.6. The summed E-state index contributed by atoms with van der Waals surface area (Å²) in [7, 11) is 0. The van der Waals surface area contributed by atoms with Crippen LogP contribution in [0.15, 0.2) is 35.3 Å². The molecule has 0 aliphatic carbocycles. The first-order valence-corrected chi connectivity index (χ1v) is 8.84. The molecule has 0 saturated carbocycles. The number of nitriles is 1. The van der Waals surface area contributed by atoms with Gasteiger partial charge < -0.3 is 15.0 Å². The van der Waals surface area contributed by atoms with Crippen LogP contribution >= 0.6 is 0 Å². The fourth-order valence-corrected chi connectivity index (χ4v) is 2.81. The van der Waals surface area contributed by atoms with Crippen molar-refractivity contribution in [2.45, 2.75) is 19.9 Å². The van der Waals surface area contributed by atoms with Crippen molar-refractivity contribution >= 4 is 11.6 Å². The topological polar surface area (TPSA) is 78.9 Å². The summed E-state index contributed by atoms with van der Waals surface area (Å²) in [5.41, 5.74) is 1.60. The predicted octanol–water partition coefficient (Wildman–Crippen LogP) is 0.209. The minimum atomic E-state index is -0.820. The van der Waals surface area contributed by atoms with Gasteiger partial charge in [-0.25, -0.2) is 0 Å². The number of nitrogens with one attached hydrogen (secondary N) is 2. The first-order chi connectivity index (χ1) is 12.2. The average molecular weight is 343 g/mol. The van der Waals surface area contributed by atoms with Crippen molar-refractivity contribution in [3.8, 4) is 6.07 Å². The number of rotatable bonds is 8. The fourth-order valence-electron chi connectivity index (χ4n) is 2.81. The molecule has 1 aromatic carbocycles. The van der Waals surface area contributed by atoms with Gasteiger partial charge in [-0.2, -0.15) is 5.26 Å². The van der Waals surface area contributed by atoms with Crippen LogP contribution in [-0.2, 0) is 16.1 Å². The van der Waals surface area contributed by atoms with E-state index in [2.05, 4.69) is 16.4 Å². The van der Waals surface area contributed by atoms with Gasteiger partial charge in [0.1, 0.15) is 13.1 Å². The van der Waals surface area contributed by atoms with Gasteiger partial charge >= 0.3 is 0 Å². The van der Waals surface area contributed by atoms with E-state index in [-0.39, 0.29) is 5.91 Å². The molecule has 25 heavy (non-hydrogen) atoms. The summed E-state index contributed by atoms with van der Waals surface area (Å²) in [4.78, 5) is 18.2. The molecule has 0 aromatic heterocycles. The molecule has 1 heterocycles. The van der Waals surface area contributed by atoms with E-state index >= 15 is 0 Å². The molecule has 6 heteroatoms. The van der Waals surface area contributed by atoms with E-state index in [0.717, 1.165) is 44.8 Å². The van der Waals surface area contributed by atoms with E-state index in [1.807, 2.05) is 30.3 Å². The third kappa shape index (κ3) is 6.65. The Balaban J connectivity index is 1.75. The highest BCUT2D eigenvalue weighted by Gasteiger charge is 2.20. The zero-order chi connectivity index (χ0) is 17.9. The SMILES string of the molecule is CC(=NCCC[NH+]1CCOCC1)C(C#N)C(=O)NCc1ccccc1. The Kier molecular flexibility index (Phi) is 8.10. The quantitative estimate of drug-likeness (QED) is 0.523. The van der Waals surface area contributed by atoms with Gasteiger partial charge in [0.05, 0.1) is 25.8 Å². The molecule has 1 amide bonds. The number of nitrogens with zero attached hydrogens (tertiary/aromatic N) is 2. The van der Waals surface area contributed by atoms with Crippen LogP contribution in [0, 0.1) is 17.2 Å². The zero-order valence-corrected chi connectivity index (χ0v) is 14.8. The van der Waals surface area contributed by atoms with Gasteiger partial charge in [0.2, 0.25) is 5.91 Å². The number of amides is 1. The third-order valence-corrected chi connectivity index (χ3v) is 4.37. The molecule has 1 aliphatic heterocycles. The lowest BCUT2D eigenvalue weighted by atomic mass is 10.1. The number of benzene rings is 1. The normalized spacial score (nSPS) is 16.9. The van der Waals surface area contributed by atoms with E-state index in [1.165, 1.54) is 4.90 Å². The molecule has 1 atom stereocenters. The Bertz CT molecular complexity index is 604. The van der Waals surface area contributed by atoms with E-state index in [1.54, 1.807) is 6.92 Å². The summed E-state index contributed by atoms with van der Waals surface area (Å²) in [5.74, 6) is -1.11. The summed E-state index contributed by atoms with van der Waals surface area (Å²) in [6.07, 6.45) is 0.955. The Morgan fingerprint density at radius 3 is 2.76 bits per heavy atom. The van der Waals surface area contributed by atoms with Crippen LogP contribution < -0.4 is 10.2 Å². The smallest absolute Gasteiger partial charge is 0.243 e. The molecule has 0 radical (unpaired) electrons. The minimum absolute atomic E-state index is 0.286. The molecule has 1 fully saturated rings. The lowest BCUT2D eigenvalue weighted by molar-refractivity contribution is -0.908. The average Bonchev–Trinajstić information content (AvgIpc) is 2.66. The minimum Gasteiger partial charge on any atom is -0.370 e. The first-order valence-electron chi connectivity index (χ1n) is 8.84. The molecule has 1 saturated heterocycles. The van der Waals surface area contributed by atoms with Gasteiger partial charge in [-0.3, -0.25) is 9.79 Å². The maximum absolute atomic E-state index is 12.2. The van der Waals surface area contributed by atoms with Gasteiger partial charge in [-0.1, -0.05) is 30.3 Å². The Labute approximate surface area is 149 Å². The van der Waals surface area contributed by atoms with Gasteiger partial charge in [0, 0.05) is 25.2 Å². The summed E-state index contributed by atoms with van der Waals surface area (Å²) in [5, 5.41) is 12.1. The van der Waals surface area contributed by atoms with E-state index in [4.69, 9.17) is 4.74 Å². The van der Waals surface area contributed by atoms with Crippen molar-refractivity contribution in [2.75, 3.05) is 39.4 Å². The molecule has 134 valence electrons. The second-order valence-electron chi connectivity index (χ2n) is 6.25. The first kappa shape index (κ1) is 19.1. The molecular weight excluding hydrogens is 316 g/mol. The van der Waals surface area contributed by atoms with E-state index < -0.39 is 5.92 Å². The molecule has 2 rings (SSSR count). The second-order valence-corrected chi connectivity index (χ2v) is 6.25. The van der Waals surface area contributed by atoms with Crippen molar-refractivity contribution in [3.63, 3.8) is 0 Å². The Hall–Kier alpha value is -2.23. The number of ether oxygens (including phenoxy) is 1. The maximum Gasteiger partial charge on any atom is 0.243 e. The lowest BCUT2D eigenvalue weighted by Gasteiger charge is -2.23. The number of carbonyl (C=O) groups is 1.